The summed E-state index contributed by atoms with van der Waals surface area (Å²) in [6.45, 7) is 3.68. The third-order valence-corrected chi connectivity index (χ3v) is 5.08. The predicted molar refractivity (Wildman–Crippen MR) is 102 cm³/mol. The lowest BCUT2D eigenvalue weighted by molar-refractivity contribution is -0.0511. The molecule has 0 amide bonds. The van der Waals surface area contributed by atoms with Crippen LogP contribution >= 0.6 is 0 Å². The van der Waals surface area contributed by atoms with Gasteiger partial charge in [0.1, 0.15) is 24.6 Å². The molecule has 28 heavy (non-hydrogen) atoms. The normalized spacial score (nSPS) is 25.9. The summed E-state index contributed by atoms with van der Waals surface area (Å²) in [5.41, 5.74) is 3.29. The molecule has 1 fully saturated rings. The molecule has 9 nitrogen and oxygen atoms in total. The second-order valence-electron chi connectivity index (χ2n) is 7.05. The highest BCUT2D eigenvalue weighted by Crippen LogP contribution is 2.32. The van der Waals surface area contributed by atoms with Gasteiger partial charge in [-0.05, 0) is 19.4 Å². The van der Waals surface area contributed by atoms with E-state index in [4.69, 9.17) is 4.74 Å². The quantitative estimate of drug-likeness (QED) is 0.511. The van der Waals surface area contributed by atoms with Crippen LogP contribution in [-0.4, -0.2) is 59.8 Å². The van der Waals surface area contributed by atoms with Gasteiger partial charge in [0.25, 0.3) is 0 Å². The lowest BCUT2D eigenvalue weighted by Gasteiger charge is -2.17. The Hall–Kier alpha value is -2.59. The van der Waals surface area contributed by atoms with Crippen molar-refractivity contribution in [1.29, 1.82) is 0 Å². The lowest BCUT2D eigenvalue weighted by atomic mass is 10.1. The fourth-order valence-corrected chi connectivity index (χ4v) is 3.40. The van der Waals surface area contributed by atoms with E-state index in [1.54, 1.807) is 4.57 Å². The maximum absolute atomic E-state index is 10.3. The number of aryl methyl sites for hydroxylation is 1. The van der Waals surface area contributed by atoms with E-state index in [0.29, 0.717) is 17.0 Å². The summed E-state index contributed by atoms with van der Waals surface area (Å²) in [6.07, 6.45) is -1.25. The first kappa shape index (κ1) is 18.8. The predicted octanol–water partition coefficient (Wildman–Crippen LogP) is 0.919. The Morgan fingerprint density at radius 3 is 2.57 bits per heavy atom. The number of aliphatic hydroxyl groups excluding tert-OH is 3. The molecule has 5 atom stereocenters. The molecule has 1 aliphatic rings. The van der Waals surface area contributed by atoms with E-state index >= 15 is 0 Å². The van der Waals surface area contributed by atoms with Crippen molar-refractivity contribution in [2.75, 3.05) is 11.9 Å². The molecule has 4 N–H and O–H groups in total. The van der Waals surface area contributed by atoms with Crippen LogP contribution in [0.5, 0.6) is 0 Å². The van der Waals surface area contributed by atoms with Gasteiger partial charge in [-0.15, -0.1) is 0 Å². The van der Waals surface area contributed by atoms with Crippen molar-refractivity contribution in [1.82, 2.24) is 19.5 Å². The molecule has 1 saturated heterocycles. The summed E-state index contributed by atoms with van der Waals surface area (Å²) in [4.78, 5) is 12.9. The monoisotopic (exact) mass is 385 g/mol. The van der Waals surface area contributed by atoms with Gasteiger partial charge in [-0.1, -0.05) is 29.8 Å². The molecule has 0 spiro atoms. The maximum atomic E-state index is 10.3. The molecule has 4 unspecified atom stereocenters. The van der Waals surface area contributed by atoms with Gasteiger partial charge in [0.05, 0.1) is 19.0 Å². The van der Waals surface area contributed by atoms with Gasteiger partial charge in [0.15, 0.2) is 23.2 Å². The van der Waals surface area contributed by atoms with Gasteiger partial charge in [0, 0.05) is 0 Å². The summed E-state index contributed by atoms with van der Waals surface area (Å²) in [5.74, 6) is 0.559. The van der Waals surface area contributed by atoms with Gasteiger partial charge in [0.2, 0.25) is 0 Å². The van der Waals surface area contributed by atoms with Crippen molar-refractivity contribution in [2.45, 2.75) is 44.4 Å². The first-order valence-corrected chi connectivity index (χ1v) is 9.12. The number of ether oxygens (including phenoxy) is 1. The summed E-state index contributed by atoms with van der Waals surface area (Å²) < 4.78 is 7.13. The minimum absolute atomic E-state index is 0.00207. The highest BCUT2D eigenvalue weighted by atomic mass is 16.6. The van der Waals surface area contributed by atoms with E-state index in [0.717, 1.165) is 5.56 Å². The van der Waals surface area contributed by atoms with Gasteiger partial charge in [-0.25, -0.2) is 15.0 Å². The Labute approximate surface area is 161 Å². The summed E-state index contributed by atoms with van der Waals surface area (Å²) in [6, 6.07) is 8.23. The number of rotatable bonds is 5. The van der Waals surface area contributed by atoms with Crippen molar-refractivity contribution in [3.63, 3.8) is 0 Å². The van der Waals surface area contributed by atoms with E-state index in [-0.39, 0.29) is 6.04 Å². The fourth-order valence-electron chi connectivity index (χ4n) is 3.40. The number of hydrogen-bond acceptors (Lipinski definition) is 8. The molecule has 1 aromatic carbocycles. The Morgan fingerprint density at radius 1 is 1.14 bits per heavy atom. The average molecular weight is 385 g/mol. The molecule has 3 aromatic rings. The van der Waals surface area contributed by atoms with E-state index < -0.39 is 31.1 Å². The molecular weight excluding hydrogens is 362 g/mol. The van der Waals surface area contributed by atoms with Crippen LogP contribution in [0.15, 0.2) is 36.9 Å². The van der Waals surface area contributed by atoms with Gasteiger partial charge in [-0.3, -0.25) is 4.57 Å². The van der Waals surface area contributed by atoms with Crippen LogP contribution < -0.4 is 5.32 Å². The molecule has 4 rings (SSSR count). The third kappa shape index (κ3) is 3.22. The van der Waals surface area contributed by atoms with Crippen LogP contribution in [0.2, 0.25) is 0 Å². The highest BCUT2D eigenvalue weighted by Gasteiger charge is 2.44. The SMILES string of the molecule is Cc1ccc([C@H](C)Nc2ncnc3c2ncn3C2OC(CO)C(O)C2O)cc1. The van der Waals surface area contributed by atoms with E-state index in [1.165, 1.54) is 18.2 Å². The summed E-state index contributed by atoms with van der Waals surface area (Å²) in [7, 11) is 0. The minimum Gasteiger partial charge on any atom is -0.394 e. The van der Waals surface area contributed by atoms with Gasteiger partial charge >= 0.3 is 0 Å². The number of nitrogens with zero attached hydrogens (tertiary/aromatic N) is 4. The lowest BCUT2D eigenvalue weighted by Crippen LogP contribution is -2.33. The smallest absolute Gasteiger partial charge is 0.167 e. The third-order valence-electron chi connectivity index (χ3n) is 5.08. The highest BCUT2D eigenvalue weighted by molar-refractivity contribution is 5.82. The molecular formula is C19H23N5O4. The van der Waals surface area contributed by atoms with Crippen LogP contribution in [0.4, 0.5) is 5.82 Å². The molecule has 0 radical (unpaired) electrons. The molecule has 9 heteroatoms. The first-order chi connectivity index (χ1) is 13.5. The molecule has 2 aromatic heterocycles. The van der Waals surface area contributed by atoms with Crippen molar-refractivity contribution in [3.8, 4) is 0 Å². The molecule has 148 valence electrons. The molecule has 0 aliphatic carbocycles. The number of imidazole rings is 1. The fraction of sp³-hybridized carbons (Fsp3) is 0.421. The number of anilines is 1. The van der Waals surface area contributed by atoms with Crippen molar-refractivity contribution < 1.29 is 20.1 Å². The van der Waals surface area contributed by atoms with Crippen molar-refractivity contribution in [3.05, 3.63) is 48.0 Å². The van der Waals surface area contributed by atoms with Crippen molar-refractivity contribution in [2.24, 2.45) is 0 Å². The molecule has 0 bridgehead atoms. The second-order valence-corrected chi connectivity index (χ2v) is 7.05. The minimum atomic E-state index is -1.20. The molecule has 1 aliphatic heterocycles. The Balaban J connectivity index is 1.63. The average Bonchev–Trinajstić information content (AvgIpc) is 3.24. The van der Waals surface area contributed by atoms with Gasteiger partial charge in [-0.2, -0.15) is 0 Å². The number of benzene rings is 1. The standard InChI is InChI=1S/C19H23N5O4/c1-10-3-5-12(6-4-10)11(2)23-17-14-18(21-8-20-17)24(9-22-14)19-16(27)15(26)13(7-25)28-19/h3-6,8-9,11,13,15-16,19,25-27H,7H2,1-2H3,(H,20,21,23)/t11-,13?,15?,16?,19?/m0/s1. The first-order valence-electron chi connectivity index (χ1n) is 9.12. The maximum Gasteiger partial charge on any atom is 0.167 e. The zero-order chi connectivity index (χ0) is 19.8. The molecule has 3 heterocycles. The van der Waals surface area contributed by atoms with Crippen LogP contribution in [-0.2, 0) is 4.74 Å². The second kappa shape index (κ2) is 7.44. The van der Waals surface area contributed by atoms with E-state index in [1.807, 2.05) is 13.8 Å². The van der Waals surface area contributed by atoms with Crippen LogP contribution in [0.25, 0.3) is 11.2 Å². The Morgan fingerprint density at radius 2 is 1.89 bits per heavy atom. The Bertz CT molecular complexity index is 961. The number of aliphatic hydroxyl groups is 3. The van der Waals surface area contributed by atoms with Crippen LogP contribution in [0.3, 0.4) is 0 Å². The van der Waals surface area contributed by atoms with E-state index in [9.17, 15) is 15.3 Å². The zero-order valence-corrected chi connectivity index (χ0v) is 15.6. The largest absolute Gasteiger partial charge is 0.394 e. The number of fused-ring (bicyclic) bond motifs is 1. The zero-order valence-electron chi connectivity index (χ0n) is 15.6. The number of aromatic nitrogens is 4. The van der Waals surface area contributed by atoms with Crippen LogP contribution in [0, 0.1) is 6.92 Å². The molecule has 0 saturated carbocycles. The van der Waals surface area contributed by atoms with Crippen molar-refractivity contribution >= 4 is 17.0 Å². The van der Waals surface area contributed by atoms with Crippen LogP contribution in [0.1, 0.15) is 30.3 Å². The summed E-state index contributed by atoms with van der Waals surface area (Å²) >= 11 is 0. The number of nitrogens with one attached hydrogen (secondary N) is 1. The topological polar surface area (TPSA) is 126 Å². The van der Waals surface area contributed by atoms with E-state index in [2.05, 4.69) is 44.5 Å². The Kier molecular flexibility index (Phi) is 4.98. The van der Waals surface area contributed by atoms with Gasteiger partial charge < -0.3 is 25.4 Å². The number of hydrogen-bond donors (Lipinski definition) is 4. The summed E-state index contributed by atoms with van der Waals surface area (Å²) in [5, 5.41) is 32.9.